The first-order valence-electron chi connectivity index (χ1n) is 4.38. The van der Waals surface area contributed by atoms with Crippen LogP contribution in [0.25, 0.3) is 0 Å². The summed E-state index contributed by atoms with van der Waals surface area (Å²) in [5.74, 6) is 0.273. The van der Waals surface area contributed by atoms with Gasteiger partial charge in [-0.2, -0.15) is 0 Å². The summed E-state index contributed by atoms with van der Waals surface area (Å²) in [6.45, 7) is 0. The largest absolute Gasteiger partial charge is 0.341 e. The van der Waals surface area contributed by atoms with E-state index in [1.807, 2.05) is 0 Å². The second-order valence-electron chi connectivity index (χ2n) is 2.79. The van der Waals surface area contributed by atoms with Crippen molar-refractivity contribution in [2.24, 2.45) is 0 Å². The summed E-state index contributed by atoms with van der Waals surface area (Å²) < 4.78 is 24.8. The fraction of sp³-hybridized carbons (Fsp3) is 0.250. The zero-order valence-corrected chi connectivity index (χ0v) is 9.63. The molecule has 0 aromatic carbocycles. The topological polar surface area (TPSA) is 100 Å². The number of carbonyl (C=O) groups is 1. The van der Waals surface area contributed by atoms with E-state index in [1.54, 1.807) is 0 Å². The molecular formula is C8H12N4O3S. The van der Waals surface area contributed by atoms with Crippen LogP contribution < -0.4 is 15.4 Å². The van der Waals surface area contributed by atoms with Gasteiger partial charge in [-0.05, 0) is 19.2 Å². The van der Waals surface area contributed by atoms with Crippen molar-refractivity contribution in [3.8, 4) is 0 Å². The van der Waals surface area contributed by atoms with E-state index in [-0.39, 0.29) is 10.7 Å². The van der Waals surface area contributed by atoms with Crippen molar-refractivity contribution in [1.82, 2.24) is 15.0 Å². The van der Waals surface area contributed by atoms with E-state index >= 15 is 0 Å². The van der Waals surface area contributed by atoms with Crippen molar-refractivity contribution in [2.75, 3.05) is 19.4 Å². The van der Waals surface area contributed by atoms with Gasteiger partial charge in [-0.25, -0.2) is 22.9 Å². The van der Waals surface area contributed by atoms with Gasteiger partial charge in [0.25, 0.3) is 0 Å². The van der Waals surface area contributed by atoms with E-state index in [4.69, 9.17) is 0 Å². The second kappa shape index (κ2) is 4.90. The molecule has 1 aromatic rings. The molecule has 7 nitrogen and oxygen atoms in total. The minimum Gasteiger partial charge on any atom is -0.341 e. The first-order chi connectivity index (χ1) is 7.49. The van der Waals surface area contributed by atoms with E-state index < -0.39 is 16.1 Å². The molecule has 1 heterocycles. The molecule has 0 atom stereocenters. The van der Waals surface area contributed by atoms with Crippen molar-refractivity contribution in [1.29, 1.82) is 0 Å². The molecule has 0 fully saturated rings. The number of amides is 2. The fourth-order valence-corrected chi connectivity index (χ4v) is 1.58. The van der Waals surface area contributed by atoms with E-state index in [0.717, 1.165) is 6.20 Å². The third kappa shape index (κ3) is 2.91. The van der Waals surface area contributed by atoms with Crippen LogP contribution in [0, 0.1) is 0 Å². The smallest absolute Gasteiger partial charge is 0.320 e. The Morgan fingerprint density at radius 2 is 2.00 bits per heavy atom. The standard InChI is InChI=1S/C8H12N4O3S/c1-9-8(13)12-7-4-3-6(5-11-7)16(14,15)10-2/h3-5,10H,1-2H3,(H2,9,11,12,13). The quantitative estimate of drug-likeness (QED) is 0.682. The highest BCUT2D eigenvalue weighted by molar-refractivity contribution is 7.89. The molecule has 0 aliphatic carbocycles. The number of nitrogens with one attached hydrogen (secondary N) is 3. The van der Waals surface area contributed by atoms with Crippen molar-refractivity contribution in [2.45, 2.75) is 4.90 Å². The predicted octanol–water partition coefficient (Wildman–Crippen LogP) is -0.259. The Labute approximate surface area is 93.3 Å². The number of urea groups is 1. The van der Waals surface area contributed by atoms with Crippen molar-refractivity contribution < 1.29 is 13.2 Å². The van der Waals surface area contributed by atoms with Gasteiger partial charge in [-0.3, -0.25) is 5.32 Å². The molecule has 0 aliphatic heterocycles. The maximum atomic E-state index is 11.3. The Bertz CT molecular complexity index is 469. The number of hydrogen-bond donors (Lipinski definition) is 3. The lowest BCUT2D eigenvalue weighted by Crippen LogP contribution is -2.25. The SMILES string of the molecule is CNC(=O)Nc1ccc(S(=O)(=O)NC)cn1. The Morgan fingerprint density at radius 1 is 1.31 bits per heavy atom. The molecule has 0 bridgehead atoms. The number of aromatic nitrogens is 1. The summed E-state index contributed by atoms with van der Waals surface area (Å²) in [6.07, 6.45) is 1.16. The monoisotopic (exact) mass is 244 g/mol. The summed E-state index contributed by atoms with van der Waals surface area (Å²) in [4.78, 5) is 14.8. The molecule has 0 spiro atoms. The summed E-state index contributed by atoms with van der Waals surface area (Å²) in [5.41, 5.74) is 0. The lowest BCUT2D eigenvalue weighted by molar-refractivity contribution is 0.254. The molecule has 88 valence electrons. The first-order valence-corrected chi connectivity index (χ1v) is 5.86. The lowest BCUT2D eigenvalue weighted by Gasteiger charge is -2.05. The van der Waals surface area contributed by atoms with Crippen LogP contribution in [0.15, 0.2) is 23.2 Å². The highest BCUT2D eigenvalue weighted by Gasteiger charge is 2.11. The molecule has 8 heteroatoms. The Balaban J connectivity index is 2.88. The first kappa shape index (κ1) is 12.4. The number of nitrogens with zero attached hydrogens (tertiary/aromatic N) is 1. The van der Waals surface area contributed by atoms with Crippen LogP contribution in [-0.4, -0.2) is 33.5 Å². The number of anilines is 1. The molecule has 3 N–H and O–H groups in total. The maximum Gasteiger partial charge on any atom is 0.320 e. The molecule has 0 unspecified atom stereocenters. The molecule has 2 amide bonds. The van der Waals surface area contributed by atoms with E-state index in [0.29, 0.717) is 0 Å². The molecule has 16 heavy (non-hydrogen) atoms. The van der Waals surface area contributed by atoms with Gasteiger partial charge in [-0.1, -0.05) is 0 Å². The van der Waals surface area contributed by atoms with Crippen LogP contribution in [-0.2, 0) is 10.0 Å². The van der Waals surface area contributed by atoms with Gasteiger partial charge < -0.3 is 5.32 Å². The average molecular weight is 244 g/mol. The van der Waals surface area contributed by atoms with E-state index in [2.05, 4.69) is 20.3 Å². The molecule has 0 aliphatic rings. The normalized spacial score (nSPS) is 10.9. The minimum atomic E-state index is -3.49. The summed E-state index contributed by atoms with van der Waals surface area (Å²) >= 11 is 0. The molecule has 1 aromatic heterocycles. The molecular weight excluding hydrogens is 232 g/mol. The highest BCUT2D eigenvalue weighted by Crippen LogP contribution is 2.09. The Hall–Kier alpha value is -1.67. The van der Waals surface area contributed by atoms with Gasteiger partial charge >= 0.3 is 6.03 Å². The number of sulfonamides is 1. The van der Waals surface area contributed by atoms with Gasteiger partial charge in [-0.15, -0.1) is 0 Å². The average Bonchev–Trinajstić information content (AvgIpc) is 2.29. The van der Waals surface area contributed by atoms with E-state index in [9.17, 15) is 13.2 Å². The summed E-state index contributed by atoms with van der Waals surface area (Å²) in [6, 6.07) is 2.33. The number of pyridine rings is 1. The molecule has 0 saturated carbocycles. The highest BCUT2D eigenvalue weighted by atomic mass is 32.2. The predicted molar refractivity (Wildman–Crippen MR) is 58.6 cm³/mol. The summed E-state index contributed by atoms with van der Waals surface area (Å²) in [5, 5.41) is 4.76. The lowest BCUT2D eigenvalue weighted by atomic mass is 10.4. The van der Waals surface area contributed by atoms with Crippen molar-refractivity contribution in [3.63, 3.8) is 0 Å². The third-order valence-electron chi connectivity index (χ3n) is 1.78. The Morgan fingerprint density at radius 3 is 2.44 bits per heavy atom. The van der Waals surface area contributed by atoms with E-state index in [1.165, 1.54) is 26.2 Å². The fourth-order valence-electron chi connectivity index (χ4n) is 0.910. The van der Waals surface area contributed by atoms with Gasteiger partial charge in [0.05, 0.1) is 0 Å². The molecule has 0 radical (unpaired) electrons. The number of rotatable bonds is 3. The Kier molecular flexibility index (Phi) is 3.80. The van der Waals surface area contributed by atoms with Crippen LogP contribution in [0.3, 0.4) is 0 Å². The van der Waals surface area contributed by atoms with Crippen LogP contribution in [0.2, 0.25) is 0 Å². The number of carbonyl (C=O) groups excluding carboxylic acids is 1. The third-order valence-corrected chi connectivity index (χ3v) is 3.18. The van der Waals surface area contributed by atoms with Crippen molar-refractivity contribution >= 4 is 21.9 Å². The molecule has 0 saturated heterocycles. The zero-order valence-electron chi connectivity index (χ0n) is 8.81. The van der Waals surface area contributed by atoms with Gasteiger partial charge in [0, 0.05) is 13.2 Å². The zero-order chi connectivity index (χ0) is 12.2. The van der Waals surface area contributed by atoms with Gasteiger partial charge in [0.15, 0.2) is 0 Å². The molecule has 1 rings (SSSR count). The second-order valence-corrected chi connectivity index (χ2v) is 4.68. The number of hydrogen-bond acceptors (Lipinski definition) is 4. The minimum absolute atomic E-state index is 0.0393. The van der Waals surface area contributed by atoms with Crippen LogP contribution >= 0.6 is 0 Å². The maximum absolute atomic E-state index is 11.3. The van der Waals surface area contributed by atoms with Gasteiger partial charge in [0.2, 0.25) is 10.0 Å². The van der Waals surface area contributed by atoms with Crippen LogP contribution in [0.5, 0.6) is 0 Å². The van der Waals surface area contributed by atoms with Gasteiger partial charge in [0.1, 0.15) is 10.7 Å². The van der Waals surface area contributed by atoms with Crippen LogP contribution in [0.1, 0.15) is 0 Å². The van der Waals surface area contributed by atoms with Crippen molar-refractivity contribution in [3.05, 3.63) is 18.3 Å². The van der Waals surface area contributed by atoms with Crippen LogP contribution in [0.4, 0.5) is 10.6 Å². The summed E-state index contributed by atoms with van der Waals surface area (Å²) in [7, 11) is -0.711.